The number of nitrogens with zero attached hydrogens (tertiary/aromatic N) is 2. The Hall–Kier alpha value is -3.51. The summed E-state index contributed by atoms with van der Waals surface area (Å²) in [6.45, 7) is 10.9. The number of unbranched alkanes of at least 4 members (excludes halogenated alkanes) is 1. The second-order valence-corrected chi connectivity index (χ2v) is 10.3. The fourth-order valence-electron chi connectivity index (χ4n) is 2.87. The Morgan fingerprint density at radius 2 is 1.53 bits per heavy atom. The summed E-state index contributed by atoms with van der Waals surface area (Å²) in [4.78, 5) is 48.8. The highest BCUT2D eigenvalue weighted by atomic mass is 16.6. The second kappa shape index (κ2) is 13.5. The number of ether oxygens (including phenoxy) is 2. The first-order valence-electron chi connectivity index (χ1n) is 11.9. The first-order chi connectivity index (χ1) is 16.6. The van der Waals surface area contributed by atoms with Crippen LogP contribution in [0.3, 0.4) is 0 Å². The Bertz CT molecular complexity index is 902. The maximum atomic E-state index is 12.9. The van der Waals surface area contributed by atoms with Gasteiger partial charge in [-0.3, -0.25) is 14.3 Å². The van der Waals surface area contributed by atoms with Gasteiger partial charge in [-0.05, 0) is 60.8 Å². The van der Waals surface area contributed by atoms with E-state index in [9.17, 15) is 19.2 Å². The molecule has 0 spiro atoms. The number of hydrogen-bond acceptors (Lipinski definition) is 8. The normalized spacial score (nSPS) is 12.3. The average molecular weight is 512 g/mol. The van der Waals surface area contributed by atoms with Crippen molar-refractivity contribution in [2.75, 3.05) is 24.1 Å². The van der Waals surface area contributed by atoms with Crippen LogP contribution in [0.5, 0.6) is 0 Å². The highest BCUT2D eigenvalue weighted by Gasteiger charge is 2.23. The summed E-state index contributed by atoms with van der Waals surface area (Å²) >= 11 is 0. The Kier molecular flexibility index (Phi) is 11.5. The summed E-state index contributed by atoms with van der Waals surface area (Å²) in [6, 6.07) is -0.861. The molecule has 0 saturated carbocycles. The van der Waals surface area contributed by atoms with E-state index < -0.39 is 41.2 Å². The quantitative estimate of drug-likeness (QED) is 0.280. The predicted octanol–water partition coefficient (Wildman–Crippen LogP) is 2.04. The minimum Gasteiger partial charge on any atom is -0.444 e. The van der Waals surface area contributed by atoms with E-state index in [-0.39, 0.29) is 18.8 Å². The lowest BCUT2D eigenvalue weighted by Gasteiger charge is -2.21. The first-order valence-corrected chi connectivity index (χ1v) is 11.9. The number of nitrogen functional groups attached to an aromatic ring is 1. The van der Waals surface area contributed by atoms with Gasteiger partial charge < -0.3 is 36.5 Å². The summed E-state index contributed by atoms with van der Waals surface area (Å²) in [7, 11) is 1.64. The van der Waals surface area contributed by atoms with E-state index in [1.807, 2.05) is 0 Å². The van der Waals surface area contributed by atoms with Crippen molar-refractivity contribution in [3.8, 4) is 0 Å². The molecule has 0 saturated heterocycles. The fourth-order valence-corrected chi connectivity index (χ4v) is 2.87. The molecule has 0 unspecified atom stereocenters. The number of aryl methyl sites for hydroxylation is 1. The molecule has 6 N–H and O–H groups in total. The number of carbonyl (C=O) groups excluding carboxylic acids is 4. The monoisotopic (exact) mass is 511 g/mol. The van der Waals surface area contributed by atoms with Crippen molar-refractivity contribution in [3.05, 3.63) is 6.20 Å². The van der Waals surface area contributed by atoms with Gasteiger partial charge >= 0.3 is 12.2 Å². The van der Waals surface area contributed by atoms with E-state index in [1.165, 1.54) is 10.9 Å². The number of rotatable bonds is 11. The molecule has 13 heteroatoms. The maximum Gasteiger partial charge on any atom is 0.407 e. The highest BCUT2D eigenvalue weighted by Crippen LogP contribution is 2.17. The van der Waals surface area contributed by atoms with Crippen LogP contribution in [0.15, 0.2) is 6.20 Å². The molecule has 0 aliphatic rings. The molecule has 0 bridgehead atoms. The van der Waals surface area contributed by atoms with E-state index >= 15 is 0 Å². The number of nitrogens with two attached hydrogens (primary N) is 1. The summed E-state index contributed by atoms with van der Waals surface area (Å²) in [5.74, 6) is -0.600. The number of hydrogen-bond donors (Lipinski definition) is 5. The standard InChI is InChI=1S/C23H41N7O6/c1-22(2,3)35-20(33)25-12-9-8-10-15(19(32)29-16-14-27-30(7)18(16)24)28-17(31)11-13-26-21(34)36-23(4,5)6/h14-15H,8-13,24H2,1-7H3,(H,25,33)(H,26,34)(H,28,31)(H,29,32)/t15-/m0/s1. The van der Waals surface area contributed by atoms with Gasteiger partial charge in [0.2, 0.25) is 11.8 Å². The number of alkyl carbamates (subject to hydrolysis) is 2. The fraction of sp³-hybridized carbons (Fsp3) is 0.696. The second-order valence-electron chi connectivity index (χ2n) is 10.3. The third kappa shape index (κ3) is 12.8. The van der Waals surface area contributed by atoms with Crippen molar-refractivity contribution in [1.82, 2.24) is 25.7 Å². The van der Waals surface area contributed by atoms with Gasteiger partial charge in [-0.15, -0.1) is 0 Å². The van der Waals surface area contributed by atoms with Crippen molar-refractivity contribution in [1.29, 1.82) is 0 Å². The molecule has 1 rings (SSSR count). The maximum absolute atomic E-state index is 12.9. The minimum absolute atomic E-state index is 0.0434. The molecule has 36 heavy (non-hydrogen) atoms. The third-order valence-electron chi connectivity index (χ3n) is 4.50. The van der Waals surface area contributed by atoms with Gasteiger partial charge in [0.15, 0.2) is 0 Å². The molecule has 0 aromatic carbocycles. The molecular formula is C23H41N7O6. The van der Waals surface area contributed by atoms with E-state index in [0.29, 0.717) is 31.5 Å². The lowest BCUT2D eigenvalue weighted by atomic mass is 10.1. The van der Waals surface area contributed by atoms with Crippen LogP contribution in [-0.4, -0.2) is 64.1 Å². The van der Waals surface area contributed by atoms with Gasteiger partial charge in [-0.25, -0.2) is 9.59 Å². The van der Waals surface area contributed by atoms with Crippen LogP contribution < -0.4 is 27.0 Å². The summed E-state index contributed by atoms with van der Waals surface area (Å²) in [5.41, 5.74) is 4.99. The Morgan fingerprint density at radius 3 is 2.03 bits per heavy atom. The average Bonchev–Trinajstić information content (AvgIpc) is 3.02. The van der Waals surface area contributed by atoms with Gasteiger partial charge in [-0.1, -0.05) is 0 Å². The van der Waals surface area contributed by atoms with Crippen molar-refractivity contribution >= 4 is 35.5 Å². The first kappa shape index (κ1) is 30.5. The van der Waals surface area contributed by atoms with Crippen LogP contribution in [0.4, 0.5) is 21.1 Å². The van der Waals surface area contributed by atoms with Gasteiger partial charge in [0.1, 0.15) is 28.7 Å². The predicted molar refractivity (Wildman–Crippen MR) is 135 cm³/mol. The van der Waals surface area contributed by atoms with Crippen LogP contribution in [-0.2, 0) is 26.1 Å². The Balaban J connectivity index is 2.62. The van der Waals surface area contributed by atoms with Crippen molar-refractivity contribution in [2.45, 2.75) is 84.5 Å². The smallest absolute Gasteiger partial charge is 0.407 e. The van der Waals surface area contributed by atoms with Crippen LogP contribution in [0, 0.1) is 0 Å². The lowest BCUT2D eigenvalue weighted by Crippen LogP contribution is -2.45. The van der Waals surface area contributed by atoms with Crippen molar-refractivity contribution in [3.63, 3.8) is 0 Å². The zero-order valence-electron chi connectivity index (χ0n) is 22.3. The number of aromatic nitrogens is 2. The molecule has 204 valence electrons. The van der Waals surface area contributed by atoms with Crippen LogP contribution in [0.2, 0.25) is 0 Å². The van der Waals surface area contributed by atoms with Crippen molar-refractivity contribution < 1.29 is 28.7 Å². The van der Waals surface area contributed by atoms with Gasteiger partial charge in [0.05, 0.1) is 6.20 Å². The molecule has 13 nitrogen and oxygen atoms in total. The van der Waals surface area contributed by atoms with Crippen LogP contribution in [0.25, 0.3) is 0 Å². The van der Waals surface area contributed by atoms with Gasteiger partial charge in [-0.2, -0.15) is 5.10 Å². The molecule has 0 aliphatic heterocycles. The molecular weight excluding hydrogens is 470 g/mol. The summed E-state index contributed by atoms with van der Waals surface area (Å²) in [6.07, 6.45) is 1.64. The lowest BCUT2D eigenvalue weighted by molar-refractivity contribution is -0.126. The Morgan fingerprint density at radius 1 is 0.972 bits per heavy atom. The molecule has 1 aromatic rings. The van der Waals surface area contributed by atoms with E-state index in [1.54, 1.807) is 48.6 Å². The van der Waals surface area contributed by atoms with E-state index in [2.05, 4.69) is 26.4 Å². The summed E-state index contributed by atoms with van der Waals surface area (Å²) in [5, 5.41) is 14.5. The van der Waals surface area contributed by atoms with Crippen LogP contribution in [0.1, 0.15) is 67.2 Å². The number of anilines is 2. The van der Waals surface area contributed by atoms with E-state index in [4.69, 9.17) is 15.2 Å². The molecule has 0 radical (unpaired) electrons. The summed E-state index contributed by atoms with van der Waals surface area (Å²) < 4.78 is 11.7. The highest BCUT2D eigenvalue weighted by molar-refractivity contribution is 5.98. The molecule has 4 amide bonds. The largest absolute Gasteiger partial charge is 0.444 e. The molecule has 1 atom stereocenters. The zero-order chi connectivity index (χ0) is 27.5. The molecule has 0 aliphatic carbocycles. The molecule has 1 aromatic heterocycles. The molecule has 1 heterocycles. The number of nitrogens with one attached hydrogen (secondary N) is 4. The minimum atomic E-state index is -0.861. The number of carbonyl (C=O) groups is 4. The van der Waals surface area contributed by atoms with E-state index in [0.717, 1.165) is 0 Å². The number of amides is 4. The zero-order valence-corrected chi connectivity index (χ0v) is 22.3. The van der Waals surface area contributed by atoms with Crippen LogP contribution >= 0.6 is 0 Å². The van der Waals surface area contributed by atoms with Gasteiger partial charge in [0.25, 0.3) is 0 Å². The molecule has 0 fully saturated rings. The SMILES string of the molecule is Cn1ncc(NC(=O)[C@H](CCCCNC(=O)OC(C)(C)C)NC(=O)CCNC(=O)OC(C)(C)C)c1N. The van der Waals surface area contributed by atoms with Crippen molar-refractivity contribution in [2.24, 2.45) is 7.05 Å². The topological polar surface area (TPSA) is 179 Å². The van der Waals surface area contributed by atoms with Gasteiger partial charge in [0, 0.05) is 26.6 Å². The Labute approximate surface area is 212 Å². The third-order valence-corrected chi connectivity index (χ3v) is 4.50.